The van der Waals surface area contributed by atoms with Crippen molar-refractivity contribution in [3.8, 4) is 0 Å². The molecule has 2 N–H and O–H groups in total. The molecular formula is C15H22N4. The van der Waals surface area contributed by atoms with Crippen molar-refractivity contribution in [3.05, 3.63) is 18.5 Å². The van der Waals surface area contributed by atoms with Crippen LogP contribution in [0, 0.1) is 11.8 Å². The molecule has 4 nitrogen and oxygen atoms in total. The Morgan fingerprint density at radius 1 is 1.26 bits per heavy atom. The lowest BCUT2D eigenvalue weighted by Crippen LogP contribution is -2.19. The minimum absolute atomic E-state index is 0.626. The van der Waals surface area contributed by atoms with Crippen molar-refractivity contribution in [2.45, 2.75) is 45.6 Å². The summed E-state index contributed by atoms with van der Waals surface area (Å²) in [5.74, 6) is 2.31. The number of rotatable bonds is 3. The molecule has 1 saturated carbocycles. The summed E-state index contributed by atoms with van der Waals surface area (Å²) in [5.41, 5.74) is 8.07. The number of nitrogens with zero attached hydrogens (tertiary/aromatic N) is 3. The molecule has 3 rings (SSSR count). The number of aromatic nitrogens is 3. The van der Waals surface area contributed by atoms with Crippen molar-refractivity contribution >= 4 is 17.0 Å². The van der Waals surface area contributed by atoms with Crippen molar-refractivity contribution in [1.29, 1.82) is 0 Å². The molecule has 0 spiro atoms. The van der Waals surface area contributed by atoms with E-state index in [1.54, 1.807) is 6.20 Å². The Morgan fingerprint density at radius 3 is 2.74 bits per heavy atom. The molecule has 0 unspecified atom stereocenters. The normalized spacial score (nSPS) is 23.8. The number of fused-ring (bicyclic) bond motifs is 1. The smallest absolute Gasteiger partial charge is 0.201 e. The zero-order valence-electron chi connectivity index (χ0n) is 11.5. The lowest BCUT2D eigenvalue weighted by atomic mass is 9.81. The maximum Gasteiger partial charge on any atom is 0.201 e. The highest BCUT2D eigenvalue weighted by Gasteiger charge is 2.21. The van der Waals surface area contributed by atoms with Gasteiger partial charge in [0.2, 0.25) is 5.95 Å². The van der Waals surface area contributed by atoms with Crippen LogP contribution in [0.4, 0.5) is 5.95 Å². The van der Waals surface area contributed by atoms with Crippen LogP contribution >= 0.6 is 0 Å². The van der Waals surface area contributed by atoms with Gasteiger partial charge in [-0.15, -0.1) is 0 Å². The molecule has 0 saturated heterocycles. The van der Waals surface area contributed by atoms with Crippen LogP contribution in [0.3, 0.4) is 0 Å². The zero-order valence-corrected chi connectivity index (χ0v) is 11.5. The monoisotopic (exact) mass is 258 g/mol. The Hall–Kier alpha value is -1.58. The fourth-order valence-corrected chi connectivity index (χ4v) is 3.27. The van der Waals surface area contributed by atoms with Crippen LogP contribution in [0.2, 0.25) is 0 Å². The summed E-state index contributed by atoms with van der Waals surface area (Å²) < 4.78 is 2.16. The Morgan fingerprint density at radius 2 is 2.00 bits per heavy atom. The maximum atomic E-state index is 6.05. The number of imidazole rings is 1. The highest BCUT2D eigenvalue weighted by atomic mass is 15.2. The molecule has 4 heteroatoms. The summed E-state index contributed by atoms with van der Waals surface area (Å²) in [7, 11) is 0. The Bertz CT molecular complexity index is 552. The number of anilines is 1. The molecule has 0 radical (unpaired) electrons. The van der Waals surface area contributed by atoms with E-state index < -0.39 is 0 Å². The Kier molecular flexibility index (Phi) is 3.40. The van der Waals surface area contributed by atoms with Crippen LogP contribution in [0.5, 0.6) is 0 Å². The second-order valence-electron chi connectivity index (χ2n) is 5.74. The van der Waals surface area contributed by atoms with Crippen molar-refractivity contribution in [1.82, 2.24) is 14.5 Å². The number of nitrogens with two attached hydrogens (primary N) is 1. The van der Waals surface area contributed by atoms with Crippen LogP contribution in [-0.4, -0.2) is 14.5 Å². The van der Waals surface area contributed by atoms with E-state index in [4.69, 9.17) is 5.73 Å². The minimum atomic E-state index is 0.626. The molecule has 0 amide bonds. The predicted molar refractivity (Wildman–Crippen MR) is 77.7 cm³/mol. The van der Waals surface area contributed by atoms with Crippen LogP contribution < -0.4 is 5.73 Å². The molecule has 102 valence electrons. The van der Waals surface area contributed by atoms with Crippen molar-refractivity contribution in [2.24, 2.45) is 11.8 Å². The molecule has 2 heterocycles. The third-order valence-electron chi connectivity index (χ3n) is 4.56. The largest absolute Gasteiger partial charge is 0.369 e. The molecular weight excluding hydrogens is 236 g/mol. The lowest BCUT2D eigenvalue weighted by Gasteiger charge is -2.28. The summed E-state index contributed by atoms with van der Waals surface area (Å²) in [5, 5.41) is 0. The van der Waals surface area contributed by atoms with Gasteiger partial charge in [0.15, 0.2) is 0 Å². The fraction of sp³-hybridized carbons (Fsp3) is 0.600. The second-order valence-corrected chi connectivity index (χ2v) is 5.74. The average Bonchev–Trinajstić information content (AvgIpc) is 2.76. The van der Waals surface area contributed by atoms with Gasteiger partial charge in [-0.1, -0.05) is 26.2 Å². The van der Waals surface area contributed by atoms with Gasteiger partial charge in [-0.3, -0.25) is 4.98 Å². The SMILES string of the molecule is CCC1CCC(Cn2c(N)nc3cnccc32)CC1. The molecule has 0 bridgehead atoms. The highest BCUT2D eigenvalue weighted by molar-refractivity contribution is 5.76. The highest BCUT2D eigenvalue weighted by Crippen LogP contribution is 2.32. The van der Waals surface area contributed by atoms with E-state index in [-0.39, 0.29) is 0 Å². The number of hydrogen-bond acceptors (Lipinski definition) is 3. The average molecular weight is 258 g/mol. The van der Waals surface area contributed by atoms with Crippen LogP contribution in [-0.2, 0) is 6.54 Å². The van der Waals surface area contributed by atoms with E-state index in [2.05, 4.69) is 21.5 Å². The number of pyridine rings is 1. The number of hydrogen-bond donors (Lipinski definition) is 1. The summed E-state index contributed by atoms with van der Waals surface area (Å²) in [6.45, 7) is 3.31. The van der Waals surface area contributed by atoms with E-state index in [0.29, 0.717) is 5.95 Å². The third kappa shape index (κ3) is 2.44. The first-order valence-electron chi connectivity index (χ1n) is 7.33. The van der Waals surface area contributed by atoms with Crippen molar-refractivity contribution < 1.29 is 0 Å². The molecule has 1 aliphatic rings. The standard InChI is InChI=1S/C15H22N4/c1-2-11-3-5-12(6-4-11)10-19-14-7-8-17-9-13(14)18-15(19)16/h7-9,11-12H,2-6,10H2,1H3,(H2,16,18). The van der Waals surface area contributed by atoms with Gasteiger partial charge in [0, 0.05) is 12.7 Å². The molecule has 0 atom stereocenters. The maximum absolute atomic E-state index is 6.05. The summed E-state index contributed by atoms with van der Waals surface area (Å²) in [6, 6.07) is 2.01. The van der Waals surface area contributed by atoms with E-state index in [0.717, 1.165) is 29.4 Å². The first kappa shape index (κ1) is 12.5. The Labute approximate surface area is 114 Å². The minimum Gasteiger partial charge on any atom is -0.369 e. The van der Waals surface area contributed by atoms with Gasteiger partial charge in [0.1, 0.15) is 5.52 Å². The van der Waals surface area contributed by atoms with Crippen LogP contribution in [0.1, 0.15) is 39.0 Å². The topological polar surface area (TPSA) is 56.7 Å². The van der Waals surface area contributed by atoms with E-state index >= 15 is 0 Å². The number of nitrogen functional groups attached to an aromatic ring is 1. The summed E-state index contributed by atoms with van der Waals surface area (Å²) in [4.78, 5) is 8.49. The molecule has 2 aromatic rings. The lowest BCUT2D eigenvalue weighted by molar-refractivity contribution is 0.250. The van der Waals surface area contributed by atoms with Crippen LogP contribution in [0.25, 0.3) is 11.0 Å². The molecule has 1 fully saturated rings. The van der Waals surface area contributed by atoms with Gasteiger partial charge < -0.3 is 10.3 Å². The van der Waals surface area contributed by atoms with Gasteiger partial charge >= 0.3 is 0 Å². The van der Waals surface area contributed by atoms with Crippen molar-refractivity contribution in [2.75, 3.05) is 5.73 Å². The quantitative estimate of drug-likeness (QED) is 0.919. The molecule has 19 heavy (non-hydrogen) atoms. The molecule has 0 aliphatic heterocycles. The van der Waals surface area contributed by atoms with Gasteiger partial charge in [0.05, 0.1) is 11.7 Å². The molecule has 1 aliphatic carbocycles. The van der Waals surface area contributed by atoms with E-state index in [1.807, 2.05) is 12.3 Å². The zero-order chi connectivity index (χ0) is 13.2. The summed E-state index contributed by atoms with van der Waals surface area (Å²) in [6.07, 6.45) is 10.3. The van der Waals surface area contributed by atoms with Gasteiger partial charge in [-0.05, 0) is 30.7 Å². The van der Waals surface area contributed by atoms with E-state index in [1.165, 1.54) is 32.1 Å². The summed E-state index contributed by atoms with van der Waals surface area (Å²) >= 11 is 0. The predicted octanol–water partition coefficient (Wildman–Crippen LogP) is 3.23. The van der Waals surface area contributed by atoms with Gasteiger partial charge in [-0.25, -0.2) is 4.98 Å². The second kappa shape index (κ2) is 5.19. The van der Waals surface area contributed by atoms with Gasteiger partial charge in [-0.2, -0.15) is 0 Å². The van der Waals surface area contributed by atoms with Crippen LogP contribution in [0.15, 0.2) is 18.5 Å². The third-order valence-corrected chi connectivity index (χ3v) is 4.56. The molecule has 2 aromatic heterocycles. The molecule has 0 aromatic carbocycles. The first-order valence-corrected chi connectivity index (χ1v) is 7.33. The fourth-order valence-electron chi connectivity index (χ4n) is 3.27. The van der Waals surface area contributed by atoms with E-state index in [9.17, 15) is 0 Å². The Balaban J connectivity index is 1.77. The van der Waals surface area contributed by atoms with Gasteiger partial charge in [0.25, 0.3) is 0 Å². The van der Waals surface area contributed by atoms with Crippen molar-refractivity contribution in [3.63, 3.8) is 0 Å². The first-order chi connectivity index (χ1) is 9.28.